The average Bonchev–Trinajstić information content (AvgIpc) is 3.59. The van der Waals surface area contributed by atoms with E-state index in [1.165, 1.54) is 218 Å². The van der Waals surface area contributed by atoms with Crippen LogP contribution >= 0.6 is 0 Å². The lowest BCUT2D eigenvalue weighted by atomic mass is 9.97. The summed E-state index contributed by atoms with van der Waals surface area (Å²) in [5.41, 5.74) is 0. The molecule has 0 spiro atoms. The largest absolute Gasteiger partial charge is 0.394 e. The van der Waals surface area contributed by atoms with Crippen molar-refractivity contribution in [2.75, 3.05) is 19.8 Å². The van der Waals surface area contributed by atoms with E-state index in [9.17, 15) is 45.6 Å². The smallest absolute Gasteiger partial charge is 0.220 e. The monoisotopic (exact) mass is 1190 g/mol. The lowest BCUT2D eigenvalue weighted by Gasteiger charge is -2.46. The predicted octanol–water partition coefficient (Wildman–Crippen LogP) is 13.9. The fraction of sp³-hybridized carbons (Fsp3) is 0.871. The third-order valence-corrected chi connectivity index (χ3v) is 17.0. The van der Waals surface area contributed by atoms with Gasteiger partial charge in [0.1, 0.15) is 48.8 Å². The summed E-state index contributed by atoms with van der Waals surface area (Å²) in [4.78, 5) is 13.3. The van der Waals surface area contributed by atoms with Crippen LogP contribution in [0.1, 0.15) is 296 Å². The van der Waals surface area contributed by atoms with Gasteiger partial charge < -0.3 is 65.1 Å². The van der Waals surface area contributed by atoms with Crippen molar-refractivity contribution < 1.29 is 64.6 Å². The SMILES string of the molecule is CCCCCCC/C=C\C/C=C\C/C=C\CCCCCCCCCCCCCCCCCCCCCCCCCCC(=O)NC(COC1OC(CO)C(OC2OC(CO)C(O)C(O)C2O)C(O)C1O)C(O)/C=C/CCCCCCCCCCC. The van der Waals surface area contributed by atoms with E-state index in [1.54, 1.807) is 6.08 Å². The van der Waals surface area contributed by atoms with Crippen LogP contribution < -0.4 is 5.32 Å². The maximum absolute atomic E-state index is 13.3. The zero-order valence-electron chi connectivity index (χ0n) is 53.4. The molecule has 12 atom stereocenters. The molecule has 0 bridgehead atoms. The molecular weight excluding hydrogens is 1060 g/mol. The average molecular weight is 1190 g/mol. The van der Waals surface area contributed by atoms with Crippen molar-refractivity contribution in [2.24, 2.45) is 0 Å². The van der Waals surface area contributed by atoms with E-state index in [-0.39, 0.29) is 18.9 Å². The van der Waals surface area contributed by atoms with Gasteiger partial charge in [0.15, 0.2) is 12.6 Å². The number of ether oxygens (including phenoxy) is 4. The van der Waals surface area contributed by atoms with E-state index in [2.05, 4.69) is 55.6 Å². The number of aliphatic hydroxyl groups excluding tert-OH is 8. The molecule has 14 nitrogen and oxygen atoms in total. The van der Waals surface area contributed by atoms with E-state index < -0.39 is 86.8 Å². The third kappa shape index (κ3) is 39.1. The molecule has 1 amide bonds. The molecule has 492 valence electrons. The number of nitrogens with one attached hydrogen (secondary N) is 1. The quantitative estimate of drug-likeness (QED) is 0.0204. The lowest BCUT2D eigenvalue weighted by Crippen LogP contribution is -2.65. The van der Waals surface area contributed by atoms with Crippen LogP contribution in [0, 0.1) is 0 Å². The fourth-order valence-corrected chi connectivity index (χ4v) is 11.4. The minimum atomic E-state index is -1.79. The highest BCUT2D eigenvalue weighted by molar-refractivity contribution is 5.76. The van der Waals surface area contributed by atoms with Gasteiger partial charge in [-0.15, -0.1) is 0 Å². The Kier molecular flexibility index (Phi) is 51.1. The minimum absolute atomic E-state index is 0.237. The Morgan fingerprint density at radius 2 is 0.786 bits per heavy atom. The van der Waals surface area contributed by atoms with Crippen LogP contribution in [0.15, 0.2) is 48.6 Å². The van der Waals surface area contributed by atoms with Gasteiger partial charge in [0.05, 0.1) is 32.0 Å². The maximum atomic E-state index is 13.3. The van der Waals surface area contributed by atoms with Crippen LogP contribution in [0.2, 0.25) is 0 Å². The molecule has 14 heteroatoms. The zero-order chi connectivity index (χ0) is 60.9. The van der Waals surface area contributed by atoms with Crippen molar-refractivity contribution in [1.82, 2.24) is 5.32 Å². The molecule has 0 radical (unpaired) electrons. The second kappa shape index (κ2) is 55.1. The highest BCUT2D eigenvalue weighted by Gasteiger charge is 2.51. The first-order valence-corrected chi connectivity index (χ1v) is 34.9. The molecule has 0 aromatic rings. The standard InChI is InChI=1S/C70H129NO13/c1-3-5-7-9-11-13-15-16-17-18-19-20-21-22-23-24-25-26-27-28-29-30-31-32-33-34-35-36-37-38-39-40-41-42-44-46-48-50-52-54-62(75)71-58(59(74)53-51-49-47-45-43-14-12-10-8-6-4-2)57-81-69-67(80)65(78)68(61(56-73)83-69)84-70-66(79)64(77)63(76)60(55-72)82-70/h15-16,18-19,21-22,51,53,58-61,63-70,72-74,76-80H,3-14,17,20,23-50,52,54-57H2,1-2H3,(H,71,75)/b16-15-,19-18-,22-21-,53-51+. The van der Waals surface area contributed by atoms with Gasteiger partial charge in [0, 0.05) is 6.42 Å². The molecule has 0 aromatic heterocycles. The first-order chi connectivity index (χ1) is 41.1. The second-order valence-electron chi connectivity index (χ2n) is 24.7. The first kappa shape index (κ1) is 78.0. The molecule has 2 heterocycles. The van der Waals surface area contributed by atoms with Crippen molar-refractivity contribution in [2.45, 2.75) is 370 Å². The second-order valence-corrected chi connectivity index (χ2v) is 24.7. The van der Waals surface area contributed by atoms with Gasteiger partial charge in [-0.2, -0.15) is 0 Å². The number of unbranched alkanes of at least 4 members (excludes halogenated alkanes) is 38. The summed E-state index contributed by atoms with van der Waals surface area (Å²) < 4.78 is 22.8. The Balaban J connectivity index is 1.53. The predicted molar refractivity (Wildman–Crippen MR) is 341 cm³/mol. The number of allylic oxidation sites excluding steroid dienone is 7. The molecule has 0 saturated carbocycles. The van der Waals surface area contributed by atoms with Gasteiger partial charge in [-0.3, -0.25) is 4.79 Å². The summed E-state index contributed by atoms with van der Waals surface area (Å²) in [6.45, 7) is 2.78. The number of rotatable bonds is 57. The van der Waals surface area contributed by atoms with Gasteiger partial charge in [-0.1, -0.05) is 281 Å². The summed E-state index contributed by atoms with van der Waals surface area (Å²) in [7, 11) is 0. The van der Waals surface area contributed by atoms with Crippen LogP contribution in [0.5, 0.6) is 0 Å². The maximum Gasteiger partial charge on any atom is 0.220 e. The highest BCUT2D eigenvalue weighted by atomic mass is 16.7. The van der Waals surface area contributed by atoms with Gasteiger partial charge in [0.25, 0.3) is 0 Å². The Hall–Kier alpha value is -2.05. The van der Waals surface area contributed by atoms with E-state index >= 15 is 0 Å². The molecule has 2 aliphatic rings. The molecule has 0 aliphatic carbocycles. The molecule has 12 unspecified atom stereocenters. The van der Waals surface area contributed by atoms with Crippen LogP contribution in [0.25, 0.3) is 0 Å². The Morgan fingerprint density at radius 3 is 1.20 bits per heavy atom. The van der Waals surface area contributed by atoms with E-state index in [1.807, 2.05) is 6.08 Å². The summed E-state index contributed by atoms with van der Waals surface area (Å²) in [6, 6.07) is -0.912. The van der Waals surface area contributed by atoms with Crippen molar-refractivity contribution in [3.63, 3.8) is 0 Å². The highest BCUT2D eigenvalue weighted by Crippen LogP contribution is 2.30. The number of carbonyl (C=O) groups excluding carboxylic acids is 1. The Morgan fingerprint density at radius 1 is 0.429 bits per heavy atom. The molecule has 84 heavy (non-hydrogen) atoms. The third-order valence-electron chi connectivity index (χ3n) is 17.0. The molecule has 2 fully saturated rings. The molecule has 2 saturated heterocycles. The van der Waals surface area contributed by atoms with E-state index in [0.29, 0.717) is 6.42 Å². The van der Waals surface area contributed by atoms with Crippen LogP contribution in [0.3, 0.4) is 0 Å². The first-order valence-electron chi connectivity index (χ1n) is 34.9. The molecule has 2 aliphatic heterocycles. The number of hydrogen-bond acceptors (Lipinski definition) is 13. The summed E-state index contributed by atoms with van der Waals surface area (Å²) in [5, 5.41) is 87.1. The van der Waals surface area contributed by atoms with Gasteiger partial charge in [0.2, 0.25) is 5.91 Å². The summed E-state index contributed by atoms with van der Waals surface area (Å²) in [5.74, 6) is -0.237. The minimum Gasteiger partial charge on any atom is -0.394 e. The van der Waals surface area contributed by atoms with Crippen LogP contribution in [-0.4, -0.2) is 140 Å². The van der Waals surface area contributed by atoms with Crippen LogP contribution in [0.4, 0.5) is 0 Å². The summed E-state index contributed by atoms with van der Waals surface area (Å²) >= 11 is 0. The number of amides is 1. The zero-order valence-corrected chi connectivity index (χ0v) is 53.4. The number of hydrogen-bond donors (Lipinski definition) is 9. The molecule has 9 N–H and O–H groups in total. The van der Waals surface area contributed by atoms with Gasteiger partial charge in [-0.25, -0.2) is 0 Å². The number of carbonyl (C=O) groups is 1. The van der Waals surface area contributed by atoms with Gasteiger partial charge >= 0.3 is 0 Å². The fourth-order valence-electron chi connectivity index (χ4n) is 11.4. The molecule has 0 aromatic carbocycles. The van der Waals surface area contributed by atoms with Crippen molar-refractivity contribution in [3.8, 4) is 0 Å². The van der Waals surface area contributed by atoms with E-state index in [0.717, 1.165) is 51.4 Å². The molecule has 2 rings (SSSR count). The van der Waals surface area contributed by atoms with Gasteiger partial charge in [-0.05, 0) is 57.8 Å². The molecular formula is C70H129NO13. The lowest BCUT2D eigenvalue weighted by molar-refractivity contribution is -0.359. The summed E-state index contributed by atoms with van der Waals surface area (Å²) in [6.07, 6.45) is 54.9. The van der Waals surface area contributed by atoms with Crippen molar-refractivity contribution in [3.05, 3.63) is 48.6 Å². The van der Waals surface area contributed by atoms with Crippen molar-refractivity contribution >= 4 is 5.91 Å². The van der Waals surface area contributed by atoms with Crippen molar-refractivity contribution in [1.29, 1.82) is 0 Å². The normalized spacial score (nSPS) is 23.9. The Bertz CT molecular complexity index is 1590. The topological polar surface area (TPSA) is 228 Å². The van der Waals surface area contributed by atoms with E-state index in [4.69, 9.17) is 18.9 Å². The number of aliphatic hydroxyl groups is 8. The Labute approximate surface area is 512 Å². The van der Waals surface area contributed by atoms with Crippen LogP contribution in [-0.2, 0) is 23.7 Å².